The van der Waals surface area contributed by atoms with E-state index in [4.69, 9.17) is 10.5 Å². The lowest BCUT2D eigenvalue weighted by Crippen LogP contribution is -2.38. The zero-order valence-corrected chi connectivity index (χ0v) is 13.1. The lowest BCUT2D eigenvalue weighted by Gasteiger charge is -2.21. The standard InChI is InChI=1S/C17H27N3O/c1-2-12-21-16-9-7-8-15(13-16)14-19-17(18)20-10-5-3-4-6-11-20/h7-9,13H,2-6,10-12,14H2,1H3,(H2,18,19). The Bertz CT molecular complexity index is 451. The molecule has 0 radical (unpaired) electrons. The molecule has 2 N–H and O–H groups in total. The fraction of sp³-hybridized carbons (Fsp3) is 0.588. The number of likely N-dealkylation sites (tertiary alicyclic amines) is 1. The van der Waals surface area contributed by atoms with Crippen LogP contribution in [-0.4, -0.2) is 30.6 Å². The highest BCUT2D eigenvalue weighted by Crippen LogP contribution is 2.15. The van der Waals surface area contributed by atoms with Gasteiger partial charge in [0, 0.05) is 13.1 Å². The highest BCUT2D eigenvalue weighted by atomic mass is 16.5. The van der Waals surface area contributed by atoms with E-state index in [-0.39, 0.29) is 0 Å². The van der Waals surface area contributed by atoms with Crippen LogP contribution in [0.3, 0.4) is 0 Å². The molecule has 0 bridgehead atoms. The Kier molecular flexibility index (Phi) is 6.38. The molecule has 4 heteroatoms. The molecular formula is C17H27N3O. The van der Waals surface area contributed by atoms with Crippen molar-refractivity contribution in [3.63, 3.8) is 0 Å². The van der Waals surface area contributed by atoms with Gasteiger partial charge in [-0.3, -0.25) is 0 Å². The molecule has 0 spiro atoms. The molecule has 2 rings (SSSR count). The fourth-order valence-electron chi connectivity index (χ4n) is 2.53. The van der Waals surface area contributed by atoms with Crippen molar-refractivity contribution < 1.29 is 4.74 Å². The first-order valence-corrected chi connectivity index (χ1v) is 8.06. The topological polar surface area (TPSA) is 50.9 Å². The molecule has 21 heavy (non-hydrogen) atoms. The largest absolute Gasteiger partial charge is 0.494 e. The molecule has 1 aromatic carbocycles. The molecule has 116 valence electrons. The third kappa shape index (κ3) is 5.29. The molecule has 0 aromatic heterocycles. The van der Waals surface area contributed by atoms with E-state index < -0.39 is 0 Å². The van der Waals surface area contributed by atoms with E-state index in [2.05, 4.69) is 28.9 Å². The Morgan fingerprint density at radius 2 is 2.00 bits per heavy atom. The van der Waals surface area contributed by atoms with Gasteiger partial charge >= 0.3 is 0 Å². The number of hydrogen-bond acceptors (Lipinski definition) is 2. The van der Waals surface area contributed by atoms with Crippen LogP contribution in [0.2, 0.25) is 0 Å². The summed E-state index contributed by atoms with van der Waals surface area (Å²) in [6.45, 7) is 5.55. The van der Waals surface area contributed by atoms with Crippen LogP contribution < -0.4 is 10.5 Å². The summed E-state index contributed by atoms with van der Waals surface area (Å²) in [7, 11) is 0. The van der Waals surface area contributed by atoms with Gasteiger partial charge in [0.05, 0.1) is 13.2 Å². The normalized spacial score (nSPS) is 16.6. The predicted octanol–water partition coefficient (Wildman–Crippen LogP) is 3.17. The smallest absolute Gasteiger partial charge is 0.191 e. The summed E-state index contributed by atoms with van der Waals surface area (Å²) in [6, 6.07) is 8.12. The van der Waals surface area contributed by atoms with Crippen LogP contribution in [0.15, 0.2) is 29.3 Å². The summed E-state index contributed by atoms with van der Waals surface area (Å²) < 4.78 is 5.65. The Labute approximate surface area is 128 Å². The molecule has 0 amide bonds. The van der Waals surface area contributed by atoms with Gasteiger partial charge in [0.25, 0.3) is 0 Å². The highest BCUT2D eigenvalue weighted by Gasteiger charge is 2.10. The van der Waals surface area contributed by atoms with Crippen LogP contribution >= 0.6 is 0 Å². The number of rotatable bonds is 5. The van der Waals surface area contributed by atoms with Crippen LogP contribution in [0.1, 0.15) is 44.6 Å². The maximum absolute atomic E-state index is 6.13. The summed E-state index contributed by atoms with van der Waals surface area (Å²) in [5, 5.41) is 0. The first kappa shape index (κ1) is 15.7. The third-order valence-corrected chi connectivity index (χ3v) is 3.72. The van der Waals surface area contributed by atoms with Crippen LogP contribution in [0.4, 0.5) is 0 Å². The quantitative estimate of drug-likeness (QED) is 0.669. The lowest BCUT2D eigenvalue weighted by molar-refractivity contribution is 0.317. The number of nitrogens with two attached hydrogens (primary N) is 1. The molecule has 0 unspecified atom stereocenters. The SMILES string of the molecule is CCCOc1cccc(CN=C(N)N2CCCCCC2)c1. The summed E-state index contributed by atoms with van der Waals surface area (Å²) in [5.41, 5.74) is 7.27. The van der Waals surface area contributed by atoms with Crippen LogP contribution in [-0.2, 0) is 6.54 Å². The van der Waals surface area contributed by atoms with E-state index in [1.165, 1.54) is 25.7 Å². The van der Waals surface area contributed by atoms with E-state index in [9.17, 15) is 0 Å². The summed E-state index contributed by atoms with van der Waals surface area (Å²) in [6.07, 6.45) is 6.07. The third-order valence-electron chi connectivity index (χ3n) is 3.72. The Morgan fingerprint density at radius 3 is 2.71 bits per heavy atom. The Hall–Kier alpha value is -1.71. The maximum Gasteiger partial charge on any atom is 0.191 e. The van der Waals surface area contributed by atoms with Gasteiger partial charge in [-0.25, -0.2) is 4.99 Å². The zero-order valence-electron chi connectivity index (χ0n) is 13.1. The molecule has 1 aromatic rings. The maximum atomic E-state index is 6.13. The average molecular weight is 289 g/mol. The van der Waals surface area contributed by atoms with Crippen molar-refractivity contribution in [1.29, 1.82) is 0 Å². The van der Waals surface area contributed by atoms with Gasteiger partial charge in [-0.15, -0.1) is 0 Å². The van der Waals surface area contributed by atoms with Crippen molar-refractivity contribution in [2.24, 2.45) is 10.7 Å². The van der Waals surface area contributed by atoms with Gasteiger partial charge < -0.3 is 15.4 Å². The van der Waals surface area contributed by atoms with Gasteiger partial charge in [0.1, 0.15) is 5.75 Å². The number of benzene rings is 1. The second kappa shape index (κ2) is 8.55. The molecule has 1 heterocycles. The summed E-state index contributed by atoms with van der Waals surface area (Å²) in [4.78, 5) is 6.76. The average Bonchev–Trinajstić information content (AvgIpc) is 2.80. The number of nitrogens with zero attached hydrogens (tertiary/aromatic N) is 2. The van der Waals surface area contributed by atoms with Crippen LogP contribution in [0, 0.1) is 0 Å². The molecule has 0 atom stereocenters. The second-order valence-electron chi connectivity index (χ2n) is 5.57. The van der Waals surface area contributed by atoms with E-state index >= 15 is 0 Å². The molecule has 4 nitrogen and oxygen atoms in total. The monoisotopic (exact) mass is 289 g/mol. The van der Waals surface area contributed by atoms with Gasteiger partial charge in [0.2, 0.25) is 0 Å². The van der Waals surface area contributed by atoms with E-state index in [1.54, 1.807) is 0 Å². The van der Waals surface area contributed by atoms with Gasteiger partial charge in [-0.2, -0.15) is 0 Å². The minimum atomic E-state index is 0.617. The van der Waals surface area contributed by atoms with Crippen molar-refractivity contribution >= 4 is 5.96 Å². The van der Waals surface area contributed by atoms with Crippen LogP contribution in [0.5, 0.6) is 5.75 Å². The van der Waals surface area contributed by atoms with Crippen LogP contribution in [0.25, 0.3) is 0 Å². The van der Waals surface area contributed by atoms with Gasteiger partial charge in [0.15, 0.2) is 5.96 Å². The molecule has 0 aliphatic carbocycles. The number of guanidine groups is 1. The van der Waals surface area contributed by atoms with Crippen molar-refractivity contribution in [3.8, 4) is 5.75 Å². The fourth-order valence-corrected chi connectivity index (χ4v) is 2.53. The molecular weight excluding hydrogens is 262 g/mol. The zero-order chi connectivity index (χ0) is 14.9. The van der Waals surface area contributed by atoms with Crippen molar-refractivity contribution in [1.82, 2.24) is 4.90 Å². The molecule has 1 aliphatic rings. The molecule has 0 saturated carbocycles. The van der Waals surface area contributed by atoms with Gasteiger partial charge in [-0.1, -0.05) is 31.9 Å². The molecule has 1 fully saturated rings. The van der Waals surface area contributed by atoms with E-state index in [0.29, 0.717) is 12.5 Å². The Balaban J connectivity index is 1.92. The summed E-state index contributed by atoms with van der Waals surface area (Å²) in [5.74, 6) is 1.59. The minimum Gasteiger partial charge on any atom is -0.494 e. The number of ether oxygens (including phenoxy) is 1. The first-order valence-electron chi connectivity index (χ1n) is 8.06. The van der Waals surface area contributed by atoms with E-state index in [0.717, 1.165) is 37.4 Å². The predicted molar refractivity (Wildman–Crippen MR) is 87.6 cm³/mol. The summed E-state index contributed by atoms with van der Waals surface area (Å²) >= 11 is 0. The Morgan fingerprint density at radius 1 is 1.24 bits per heavy atom. The van der Waals surface area contributed by atoms with Crippen molar-refractivity contribution in [3.05, 3.63) is 29.8 Å². The van der Waals surface area contributed by atoms with Crippen molar-refractivity contribution in [2.45, 2.75) is 45.6 Å². The van der Waals surface area contributed by atoms with E-state index in [1.807, 2.05) is 12.1 Å². The lowest BCUT2D eigenvalue weighted by atomic mass is 10.2. The second-order valence-corrected chi connectivity index (χ2v) is 5.57. The van der Waals surface area contributed by atoms with Crippen molar-refractivity contribution in [2.75, 3.05) is 19.7 Å². The van der Waals surface area contributed by atoms with Gasteiger partial charge in [-0.05, 0) is 37.0 Å². The number of hydrogen-bond donors (Lipinski definition) is 1. The minimum absolute atomic E-state index is 0.617. The first-order chi connectivity index (χ1) is 10.3. The molecule has 1 saturated heterocycles. The molecule has 1 aliphatic heterocycles. The highest BCUT2D eigenvalue weighted by molar-refractivity contribution is 5.78. The number of aliphatic imine (C=N–C) groups is 1.